The van der Waals surface area contributed by atoms with Crippen LogP contribution in [0.25, 0.3) is 0 Å². The Hall–Kier alpha value is -3.02. The van der Waals surface area contributed by atoms with E-state index in [-0.39, 0.29) is 12.7 Å². The van der Waals surface area contributed by atoms with E-state index < -0.39 is 6.03 Å². The molecule has 132 valence electrons. The maximum atomic E-state index is 11.9. The molecular formula is C19H22N2O4. The van der Waals surface area contributed by atoms with Crippen molar-refractivity contribution >= 4 is 17.7 Å². The van der Waals surface area contributed by atoms with Gasteiger partial charge < -0.3 is 20.1 Å². The molecular weight excluding hydrogens is 320 g/mol. The Morgan fingerprint density at radius 1 is 1.04 bits per heavy atom. The van der Waals surface area contributed by atoms with Crippen molar-refractivity contribution in [1.29, 1.82) is 0 Å². The summed E-state index contributed by atoms with van der Waals surface area (Å²) < 4.78 is 10.5. The minimum absolute atomic E-state index is 0.0526. The number of aryl methyl sites for hydroxylation is 1. The summed E-state index contributed by atoms with van der Waals surface area (Å²) in [6, 6.07) is 11.8. The van der Waals surface area contributed by atoms with Crippen LogP contribution in [0.4, 0.5) is 10.5 Å². The highest BCUT2D eigenvalue weighted by atomic mass is 16.5. The molecule has 6 nitrogen and oxygen atoms in total. The molecule has 2 aromatic carbocycles. The minimum atomic E-state index is -0.394. The van der Waals surface area contributed by atoms with Crippen molar-refractivity contribution in [2.45, 2.75) is 20.8 Å². The average Bonchev–Trinajstić information content (AvgIpc) is 2.59. The fraction of sp³-hybridized carbons (Fsp3) is 0.263. The van der Waals surface area contributed by atoms with Gasteiger partial charge in [0.05, 0.1) is 12.2 Å². The summed E-state index contributed by atoms with van der Waals surface area (Å²) in [7, 11) is 0. The van der Waals surface area contributed by atoms with Crippen LogP contribution in [0.5, 0.6) is 5.75 Å². The number of esters is 1. The fourth-order valence-corrected chi connectivity index (χ4v) is 2.14. The molecule has 0 aliphatic heterocycles. The number of anilines is 1. The maximum Gasteiger partial charge on any atom is 0.338 e. The van der Waals surface area contributed by atoms with Crippen LogP contribution in [0.3, 0.4) is 0 Å². The Labute approximate surface area is 147 Å². The Morgan fingerprint density at radius 3 is 2.44 bits per heavy atom. The van der Waals surface area contributed by atoms with Gasteiger partial charge >= 0.3 is 12.0 Å². The number of urea groups is 1. The van der Waals surface area contributed by atoms with Gasteiger partial charge in [-0.25, -0.2) is 9.59 Å². The van der Waals surface area contributed by atoms with E-state index in [1.165, 1.54) is 0 Å². The number of nitrogens with one attached hydrogen (secondary N) is 2. The van der Waals surface area contributed by atoms with Gasteiger partial charge in [0.1, 0.15) is 5.75 Å². The number of hydrogen-bond donors (Lipinski definition) is 2. The number of carbonyl (C=O) groups is 2. The summed E-state index contributed by atoms with van der Waals surface area (Å²) in [6.07, 6.45) is 0. The van der Waals surface area contributed by atoms with Crippen LogP contribution in [-0.2, 0) is 4.74 Å². The van der Waals surface area contributed by atoms with Crippen LogP contribution in [0.1, 0.15) is 28.4 Å². The van der Waals surface area contributed by atoms with Crippen molar-refractivity contribution in [3.05, 3.63) is 59.2 Å². The summed E-state index contributed by atoms with van der Waals surface area (Å²) in [4.78, 5) is 23.4. The molecule has 0 bridgehead atoms. The summed E-state index contributed by atoms with van der Waals surface area (Å²) in [5.74, 6) is 0.347. The van der Waals surface area contributed by atoms with Crippen LogP contribution >= 0.6 is 0 Å². The van der Waals surface area contributed by atoms with Gasteiger partial charge in [0, 0.05) is 5.69 Å². The van der Waals surface area contributed by atoms with Crippen molar-refractivity contribution in [2.24, 2.45) is 0 Å². The highest BCUT2D eigenvalue weighted by molar-refractivity contribution is 5.92. The first-order valence-electron chi connectivity index (χ1n) is 8.02. The van der Waals surface area contributed by atoms with Gasteiger partial charge in [-0.05, 0) is 62.2 Å². The zero-order valence-electron chi connectivity index (χ0n) is 14.6. The van der Waals surface area contributed by atoms with Crippen LogP contribution in [0.15, 0.2) is 42.5 Å². The number of amides is 2. The molecule has 25 heavy (non-hydrogen) atoms. The van der Waals surface area contributed by atoms with E-state index in [2.05, 4.69) is 10.6 Å². The van der Waals surface area contributed by atoms with Gasteiger partial charge in [-0.3, -0.25) is 0 Å². The SMILES string of the molecule is CCOC(=O)c1ccc(NC(=O)NCOc2cccc(C)c2C)cc1. The van der Waals surface area contributed by atoms with E-state index in [0.29, 0.717) is 17.9 Å². The van der Waals surface area contributed by atoms with Gasteiger partial charge in [0.15, 0.2) is 6.73 Å². The molecule has 0 radical (unpaired) electrons. The second-order valence-corrected chi connectivity index (χ2v) is 5.42. The van der Waals surface area contributed by atoms with Crippen molar-refractivity contribution in [3.8, 4) is 5.75 Å². The first-order valence-corrected chi connectivity index (χ1v) is 8.02. The number of hydrogen-bond acceptors (Lipinski definition) is 4. The van der Waals surface area contributed by atoms with Crippen LogP contribution in [0.2, 0.25) is 0 Å². The number of rotatable bonds is 6. The predicted octanol–water partition coefficient (Wildman–Crippen LogP) is 3.64. The lowest BCUT2D eigenvalue weighted by Crippen LogP contribution is -2.32. The quantitative estimate of drug-likeness (QED) is 0.621. The first kappa shape index (κ1) is 18.3. The molecule has 0 unspecified atom stereocenters. The Bertz CT molecular complexity index is 742. The largest absolute Gasteiger partial charge is 0.473 e. The van der Waals surface area contributed by atoms with E-state index in [1.54, 1.807) is 31.2 Å². The van der Waals surface area contributed by atoms with Crippen LogP contribution in [0, 0.1) is 13.8 Å². The molecule has 6 heteroatoms. The topological polar surface area (TPSA) is 76.7 Å². The van der Waals surface area contributed by atoms with Gasteiger partial charge in [-0.15, -0.1) is 0 Å². The second kappa shape index (κ2) is 8.73. The highest BCUT2D eigenvalue weighted by Gasteiger charge is 2.07. The normalized spacial score (nSPS) is 10.0. The van der Waals surface area contributed by atoms with E-state index >= 15 is 0 Å². The van der Waals surface area contributed by atoms with Crippen LogP contribution in [-0.4, -0.2) is 25.3 Å². The summed E-state index contributed by atoms with van der Waals surface area (Å²) in [6.45, 7) is 6.09. The van der Waals surface area contributed by atoms with E-state index in [9.17, 15) is 9.59 Å². The molecule has 0 aromatic heterocycles. The second-order valence-electron chi connectivity index (χ2n) is 5.42. The molecule has 0 aliphatic rings. The third-order valence-electron chi connectivity index (χ3n) is 3.67. The standard InChI is InChI=1S/C19H22N2O4/c1-4-24-18(22)15-8-10-16(11-9-15)21-19(23)20-12-25-17-7-5-6-13(2)14(17)3/h5-11H,4,12H2,1-3H3,(H2,20,21,23). The van der Waals surface area contributed by atoms with Gasteiger partial charge in [-0.1, -0.05) is 12.1 Å². The Kier molecular flexibility index (Phi) is 6.39. The minimum Gasteiger partial charge on any atom is -0.473 e. The fourth-order valence-electron chi connectivity index (χ4n) is 2.14. The molecule has 2 rings (SSSR count). The van der Waals surface area contributed by atoms with Crippen molar-refractivity contribution in [2.75, 3.05) is 18.7 Å². The summed E-state index contributed by atoms with van der Waals surface area (Å²) in [5, 5.41) is 5.29. The zero-order chi connectivity index (χ0) is 18.2. The lowest BCUT2D eigenvalue weighted by molar-refractivity contribution is 0.0526. The van der Waals surface area contributed by atoms with Crippen molar-refractivity contribution in [1.82, 2.24) is 5.32 Å². The monoisotopic (exact) mass is 342 g/mol. The third-order valence-corrected chi connectivity index (χ3v) is 3.67. The van der Waals surface area contributed by atoms with E-state index in [4.69, 9.17) is 9.47 Å². The zero-order valence-corrected chi connectivity index (χ0v) is 14.6. The number of benzene rings is 2. The summed E-state index contributed by atoms with van der Waals surface area (Å²) in [5.41, 5.74) is 3.17. The maximum absolute atomic E-state index is 11.9. The Balaban J connectivity index is 1.82. The summed E-state index contributed by atoms with van der Waals surface area (Å²) >= 11 is 0. The smallest absolute Gasteiger partial charge is 0.338 e. The lowest BCUT2D eigenvalue weighted by Gasteiger charge is -2.12. The molecule has 2 aromatic rings. The molecule has 0 aliphatic carbocycles. The molecule has 0 spiro atoms. The highest BCUT2D eigenvalue weighted by Crippen LogP contribution is 2.20. The van der Waals surface area contributed by atoms with Crippen molar-refractivity contribution < 1.29 is 19.1 Å². The van der Waals surface area contributed by atoms with Crippen LogP contribution < -0.4 is 15.4 Å². The third kappa shape index (κ3) is 5.24. The van der Waals surface area contributed by atoms with Gasteiger partial charge in [0.2, 0.25) is 0 Å². The first-order chi connectivity index (χ1) is 12.0. The molecule has 0 atom stereocenters. The van der Waals surface area contributed by atoms with E-state index in [0.717, 1.165) is 16.9 Å². The number of carbonyl (C=O) groups excluding carboxylic acids is 2. The van der Waals surface area contributed by atoms with Gasteiger partial charge in [0.25, 0.3) is 0 Å². The molecule has 2 N–H and O–H groups in total. The lowest BCUT2D eigenvalue weighted by atomic mass is 10.1. The Morgan fingerprint density at radius 2 is 1.76 bits per heavy atom. The van der Waals surface area contributed by atoms with Crippen molar-refractivity contribution in [3.63, 3.8) is 0 Å². The van der Waals surface area contributed by atoms with Gasteiger partial charge in [-0.2, -0.15) is 0 Å². The average molecular weight is 342 g/mol. The molecule has 0 saturated carbocycles. The predicted molar refractivity (Wildman–Crippen MR) is 96.0 cm³/mol. The molecule has 0 heterocycles. The van der Waals surface area contributed by atoms with E-state index in [1.807, 2.05) is 32.0 Å². The number of ether oxygens (including phenoxy) is 2. The molecule has 2 amide bonds. The molecule has 0 saturated heterocycles. The molecule has 0 fully saturated rings.